The van der Waals surface area contributed by atoms with Crippen LogP contribution in [-0.2, 0) is 5.92 Å². The molecule has 0 bridgehead atoms. The number of aromatic nitrogens is 3. The van der Waals surface area contributed by atoms with Gasteiger partial charge in [-0.25, -0.2) is 19.3 Å². The van der Waals surface area contributed by atoms with Crippen LogP contribution < -0.4 is 5.32 Å². The lowest BCUT2D eigenvalue weighted by Gasteiger charge is -2.43. The van der Waals surface area contributed by atoms with E-state index in [0.29, 0.717) is 40.0 Å². The zero-order valence-corrected chi connectivity index (χ0v) is 19.5. The molecule has 1 aliphatic rings. The number of aliphatic hydroxyl groups is 1. The van der Waals surface area contributed by atoms with Crippen molar-refractivity contribution in [2.24, 2.45) is 5.92 Å². The van der Waals surface area contributed by atoms with Gasteiger partial charge in [-0.3, -0.25) is 0 Å². The fourth-order valence-electron chi connectivity index (χ4n) is 4.14. The molecule has 2 heterocycles. The van der Waals surface area contributed by atoms with Crippen LogP contribution in [0.25, 0.3) is 10.9 Å². The van der Waals surface area contributed by atoms with Crippen LogP contribution in [0.5, 0.6) is 0 Å². The highest BCUT2D eigenvalue weighted by molar-refractivity contribution is 9.10. The molecule has 0 spiro atoms. The molecule has 0 radical (unpaired) electrons. The van der Waals surface area contributed by atoms with E-state index in [-0.39, 0.29) is 5.56 Å². The van der Waals surface area contributed by atoms with Crippen LogP contribution in [0.1, 0.15) is 56.1 Å². The van der Waals surface area contributed by atoms with Crippen LogP contribution >= 0.6 is 15.9 Å². The number of alkyl halides is 2. The zero-order chi connectivity index (χ0) is 23.3. The van der Waals surface area contributed by atoms with E-state index in [1.54, 1.807) is 26.1 Å². The molecule has 0 aliphatic heterocycles. The average molecular weight is 509 g/mol. The zero-order valence-electron chi connectivity index (χ0n) is 18.0. The monoisotopic (exact) mass is 508 g/mol. The maximum absolute atomic E-state index is 15.4. The van der Waals surface area contributed by atoms with Gasteiger partial charge in [0, 0.05) is 10.9 Å². The van der Waals surface area contributed by atoms with E-state index in [4.69, 9.17) is 0 Å². The number of rotatable bonds is 6. The Hall–Kier alpha value is -2.26. The fourth-order valence-corrected chi connectivity index (χ4v) is 4.47. The van der Waals surface area contributed by atoms with Gasteiger partial charge >= 0.3 is 5.92 Å². The minimum atomic E-state index is -3.73. The second-order valence-electron chi connectivity index (χ2n) is 8.57. The van der Waals surface area contributed by atoms with E-state index in [2.05, 4.69) is 36.2 Å². The fraction of sp³-hybridized carbons (Fsp3) is 0.435. The van der Waals surface area contributed by atoms with Crippen molar-refractivity contribution >= 4 is 32.7 Å². The van der Waals surface area contributed by atoms with Crippen molar-refractivity contribution in [3.8, 4) is 0 Å². The first-order valence-electron chi connectivity index (χ1n) is 10.5. The summed E-state index contributed by atoms with van der Waals surface area (Å²) in [5.74, 6) is -4.38. The number of aryl methyl sites for hydroxylation is 1. The number of anilines is 1. The van der Waals surface area contributed by atoms with Crippen molar-refractivity contribution in [2.75, 3.05) is 5.32 Å². The summed E-state index contributed by atoms with van der Waals surface area (Å²) in [5.41, 5.74) is -2.45. The molecule has 2 atom stereocenters. The summed E-state index contributed by atoms with van der Waals surface area (Å²) in [6.45, 7) is 4.50. The molecule has 1 fully saturated rings. The molecule has 5 nitrogen and oxygen atoms in total. The van der Waals surface area contributed by atoms with Gasteiger partial charge in [0.15, 0.2) is 0 Å². The Morgan fingerprint density at radius 1 is 1.25 bits per heavy atom. The van der Waals surface area contributed by atoms with Gasteiger partial charge in [-0.15, -0.1) is 0 Å². The molecule has 4 rings (SSSR count). The lowest BCUT2D eigenvalue weighted by Crippen LogP contribution is -2.52. The van der Waals surface area contributed by atoms with Crippen LogP contribution in [0.3, 0.4) is 0 Å². The van der Waals surface area contributed by atoms with Crippen molar-refractivity contribution in [3.05, 3.63) is 57.8 Å². The van der Waals surface area contributed by atoms with E-state index >= 15 is 13.2 Å². The minimum absolute atomic E-state index is 0.0594. The van der Waals surface area contributed by atoms with E-state index in [1.807, 2.05) is 0 Å². The number of hydrogen-bond acceptors (Lipinski definition) is 5. The van der Waals surface area contributed by atoms with Crippen molar-refractivity contribution in [1.82, 2.24) is 15.0 Å². The Bertz CT molecular complexity index is 1170. The molecular weight excluding hydrogens is 485 g/mol. The average Bonchev–Trinajstić information content (AvgIpc) is 2.66. The molecular formula is C23H24BrF3N4O. The molecule has 9 heteroatoms. The van der Waals surface area contributed by atoms with Crippen LogP contribution in [-0.4, -0.2) is 25.7 Å². The third-order valence-electron chi connectivity index (χ3n) is 6.38. The number of nitrogens with one attached hydrogen (secondary N) is 1. The van der Waals surface area contributed by atoms with Crippen molar-refractivity contribution in [1.29, 1.82) is 0 Å². The van der Waals surface area contributed by atoms with E-state index < -0.39 is 34.9 Å². The summed E-state index contributed by atoms with van der Waals surface area (Å²) in [6, 6.07) is 4.95. The number of halogens is 4. The molecule has 2 N–H and O–H groups in total. The number of nitrogens with zero attached hydrogens (tertiary/aromatic N) is 3. The topological polar surface area (TPSA) is 70.9 Å². The molecule has 0 saturated heterocycles. The summed E-state index contributed by atoms with van der Waals surface area (Å²) < 4.78 is 46.6. The third-order valence-corrected chi connectivity index (χ3v) is 6.82. The minimum Gasteiger partial charge on any atom is -0.383 e. The lowest BCUT2D eigenvalue weighted by atomic mass is 9.69. The highest BCUT2D eigenvalue weighted by Crippen LogP contribution is 2.50. The maximum atomic E-state index is 15.4. The Morgan fingerprint density at radius 2 is 1.97 bits per heavy atom. The molecule has 0 amide bonds. The third kappa shape index (κ3) is 3.85. The standard InChI is InChI=1S/C23H24BrF3N4O/c1-12(29-21-16-10-19(24)28-11-18(16)30-13(2)31-21)15-8-5-9-17(20(15)25)23(26,27)22(3,32)14-6-4-7-14/h5,8-12,14,32H,4,6-7H2,1-3H3,(H,29,30,31)/t12-,22?/m1/s1. The van der Waals surface area contributed by atoms with Gasteiger partial charge < -0.3 is 10.4 Å². The Balaban J connectivity index is 1.70. The second kappa shape index (κ2) is 8.26. The van der Waals surface area contributed by atoms with Crippen LogP contribution in [0, 0.1) is 18.7 Å². The number of hydrogen-bond donors (Lipinski definition) is 2. The summed E-state index contributed by atoms with van der Waals surface area (Å²) >= 11 is 3.32. The number of fused-ring (bicyclic) bond motifs is 1. The predicted molar refractivity (Wildman–Crippen MR) is 120 cm³/mol. The van der Waals surface area contributed by atoms with Crippen molar-refractivity contribution in [2.45, 2.75) is 57.6 Å². The Kier molecular flexibility index (Phi) is 5.92. The molecule has 2 aromatic heterocycles. The summed E-state index contributed by atoms with van der Waals surface area (Å²) in [6.07, 6.45) is 3.39. The first-order chi connectivity index (χ1) is 15.0. The SMILES string of the molecule is Cc1nc(N[C@H](C)c2cccc(C(F)(F)C(C)(O)C3CCC3)c2F)c2cc(Br)ncc2n1. The predicted octanol–water partition coefficient (Wildman–Crippen LogP) is 6.05. The van der Waals surface area contributed by atoms with Gasteiger partial charge in [0.25, 0.3) is 0 Å². The molecule has 1 unspecified atom stereocenters. The van der Waals surface area contributed by atoms with Crippen LogP contribution in [0.4, 0.5) is 19.0 Å². The molecule has 1 aliphatic carbocycles. The normalized spacial score (nSPS) is 17.6. The smallest absolute Gasteiger partial charge is 0.304 e. The number of benzene rings is 1. The van der Waals surface area contributed by atoms with E-state index in [1.165, 1.54) is 12.1 Å². The maximum Gasteiger partial charge on any atom is 0.304 e. The highest BCUT2D eigenvalue weighted by atomic mass is 79.9. The first kappa shape index (κ1) is 22.9. The summed E-state index contributed by atoms with van der Waals surface area (Å²) in [7, 11) is 0. The largest absolute Gasteiger partial charge is 0.383 e. The summed E-state index contributed by atoms with van der Waals surface area (Å²) in [5, 5.41) is 14.4. The van der Waals surface area contributed by atoms with Crippen molar-refractivity contribution < 1.29 is 18.3 Å². The second-order valence-corrected chi connectivity index (χ2v) is 9.38. The van der Waals surface area contributed by atoms with Crippen molar-refractivity contribution in [3.63, 3.8) is 0 Å². The van der Waals surface area contributed by atoms with Gasteiger partial charge in [0.05, 0.1) is 23.3 Å². The van der Waals surface area contributed by atoms with Crippen LogP contribution in [0.2, 0.25) is 0 Å². The molecule has 1 aromatic carbocycles. The van der Waals surface area contributed by atoms with Gasteiger partial charge in [-0.2, -0.15) is 8.78 Å². The van der Waals surface area contributed by atoms with Gasteiger partial charge in [-0.1, -0.05) is 18.6 Å². The molecule has 170 valence electrons. The molecule has 3 aromatic rings. The van der Waals surface area contributed by atoms with Gasteiger partial charge in [-0.05, 0) is 67.6 Å². The van der Waals surface area contributed by atoms with Gasteiger partial charge in [0.2, 0.25) is 0 Å². The Labute approximate surface area is 192 Å². The molecule has 1 saturated carbocycles. The first-order valence-corrected chi connectivity index (χ1v) is 11.3. The van der Waals surface area contributed by atoms with E-state index in [0.717, 1.165) is 19.4 Å². The van der Waals surface area contributed by atoms with E-state index in [9.17, 15) is 5.11 Å². The highest BCUT2D eigenvalue weighted by Gasteiger charge is 2.57. The molecule has 32 heavy (non-hydrogen) atoms. The quantitative estimate of drug-likeness (QED) is 0.396. The lowest BCUT2D eigenvalue weighted by molar-refractivity contribution is -0.218. The number of pyridine rings is 1. The van der Waals surface area contributed by atoms with Gasteiger partial charge in [0.1, 0.15) is 27.7 Å². The Morgan fingerprint density at radius 3 is 2.62 bits per heavy atom. The summed E-state index contributed by atoms with van der Waals surface area (Å²) in [4.78, 5) is 12.9. The van der Waals surface area contributed by atoms with Crippen LogP contribution in [0.15, 0.2) is 35.1 Å².